The van der Waals surface area contributed by atoms with Crippen LogP contribution in [0.3, 0.4) is 0 Å². The molecule has 9 heavy (non-hydrogen) atoms. The van der Waals surface area contributed by atoms with Gasteiger partial charge in [0.2, 0.25) is 0 Å². The summed E-state index contributed by atoms with van der Waals surface area (Å²) in [6.45, 7) is -0.0763. The third-order valence-corrected chi connectivity index (χ3v) is 0.529. The van der Waals surface area contributed by atoms with Crippen molar-refractivity contribution < 1.29 is 14.6 Å². The molecule has 2 N–H and O–H groups in total. The van der Waals surface area contributed by atoms with Gasteiger partial charge >= 0.3 is 6.09 Å². The maximum atomic E-state index is 10.1. The molecule has 0 aromatic rings. The van der Waals surface area contributed by atoms with E-state index in [4.69, 9.17) is 5.11 Å². The molecule has 0 aliphatic heterocycles. The SMILES string of the molecule is CNC(=O)OCCO.Cl. The van der Waals surface area contributed by atoms with E-state index in [-0.39, 0.29) is 25.6 Å². The van der Waals surface area contributed by atoms with Gasteiger partial charge in [0, 0.05) is 7.05 Å². The molecule has 0 aromatic carbocycles. The fourth-order valence-corrected chi connectivity index (χ4v) is 0.211. The lowest BCUT2D eigenvalue weighted by molar-refractivity contribution is 0.121. The number of nitrogens with one attached hydrogen (secondary N) is 1. The van der Waals surface area contributed by atoms with Crippen LogP contribution in [0.4, 0.5) is 4.79 Å². The van der Waals surface area contributed by atoms with Crippen molar-refractivity contribution in [2.45, 2.75) is 0 Å². The van der Waals surface area contributed by atoms with Crippen molar-refractivity contribution in [1.29, 1.82) is 0 Å². The highest BCUT2D eigenvalue weighted by atomic mass is 35.5. The zero-order chi connectivity index (χ0) is 6.41. The maximum Gasteiger partial charge on any atom is 0.406 e. The predicted octanol–water partition coefficient (Wildman–Crippen LogP) is -0.243. The lowest BCUT2D eigenvalue weighted by Gasteiger charge is -1.98. The van der Waals surface area contributed by atoms with Crippen molar-refractivity contribution in [1.82, 2.24) is 5.32 Å². The second-order valence-corrected chi connectivity index (χ2v) is 1.11. The number of aliphatic hydroxyl groups is 1. The Hall–Kier alpha value is -0.480. The number of hydrogen-bond acceptors (Lipinski definition) is 3. The number of carbonyl (C=O) groups excluding carboxylic acids is 1. The molecule has 0 aliphatic rings. The summed E-state index contributed by atoms with van der Waals surface area (Å²) in [5, 5.41) is 10.3. The molecule has 5 heteroatoms. The van der Waals surface area contributed by atoms with E-state index in [9.17, 15) is 4.79 Å². The molecule has 0 saturated heterocycles. The number of aliphatic hydroxyl groups excluding tert-OH is 1. The fraction of sp³-hybridized carbons (Fsp3) is 0.750. The molecule has 1 amide bonds. The first-order valence-corrected chi connectivity index (χ1v) is 2.26. The van der Waals surface area contributed by atoms with Crippen molar-refractivity contribution in [2.24, 2.45) is 0 Å². The Balaban J connectivity index is 0. The standard InChI is InChI=1S/C4H9NO3.ClH/c1-5-4(7)8-3-2-6;/h6H,2-3H2,1H3,(H,5,7);1H. The molecule has 0 bridgehead atoms. The average molecular weight is 156 g/mol. The van der Waals surface area contributed by atoms with E-state index in [1.807, 2.05) is 0 Å². The van der Waals surface area contributed by atoms with E-state index in [2.05, 4.69) is 10.1 Å². The Morgan fingerprint density at radius 1 is 1.78 bits per heavy atom. The normalized spacial score (nSPS) is 7.33. The predicted molar refractivity (Wildman–Crippen MR) is 34.7 cm³/mol. The van der Waals surface area contributed by atoms with Crippen LogP contribution in [0.2, 0.25) is 0 Å². The number of ether oxygens (including phenoxy) is 1. The van der Waals surface area contributed by atoms with Crippen LogP contribution in [-0.4, -0.2) is 31.5 Å². The van der Waals surface area contributed by atoms with Crippen LogP contribution >= 0.6 is 12.4 Å². The Kier molecular flexibility index (Phi) is 9.47. The van der Waals surface area contributed by atoms with Crippen LogP contribution in [0.25, 0.3) is 0 Å². The Morgan fingerprint density at radius 2 is 2.33 bits per heavy atom. The van der Waals surface area contributed by atoms with Crippen LogP contribution in [0.15, 0.2) is 0 Å². The van der Waals surface area contributed by atoms with Crippen LogP contribution < -0.4 is 5.32 Å². The van der Waals surface area contributed by atoms with Gasteiger partial charge in [-0.1, -0.05) is 0 Å². The van der Waals surface area contributed by atoms with Gasteiger partial charge in [0.15, 0.2) is 0 Å². The highest BCUT2D eigenvalue weighted by molar-refractivity contribution is 5.85. The third-order valence-electron chi connectivity index (χ3n) is 0.529. The van der Waals surface area contributed by atoms with Gasteiger partial charge in [-0.2, -0.15) is 0 Å². The fourth-order valence-electron chi connectivity index (χ4n) is 0.211. The largest absolute Gasteiger partial charge is 0.447 e. The highest BCUT2D eigenvalue weighted by Crippen LogP contribution is 1.71. The van der Waals surface area contributed by atoms with Crippen LogP contribution in [0, 0.1) is 0 Å². The van der Waals surface area contributed by atoms with Crippen molar-refractivity contribution in [3.05, 3.63) is 0 Å². The Bertz CT molecular complexity index is 78.2. The van der Waals surface area contributed by atoms with Gasteiger partial charge in [0.25, 0.3) is 0 Å². The van der Waals surface area contributed by atoms with Crippen molar-refractivity contribution in [3.63, 3.8) is 0 Å². The second-order valence-electron chi connectivity index (χ2n) is 1.11. The average Bonchev–Trinajstić information content (AvgIpc) is 1.83. The molecule has 0 unspecified atom stereocenters. The first-order chi connectivity index (χ1) is 3.81. The van der Waals surface area contributed by atoms with Gasteiger partial charge in [-0.15, -0.1) is 12.4 Å². The molecule has 0 aromatic heterocycles. The summed E-state index contributed by atoms with van der Waals surface area (Å²) in [5.74, 6) is 0. The lowest BCUT2D eigenvalue weighted by atomic mass is 10.8. The van der Waals surface area contributed by atoms with E-state index in [1.54, 1.807) is 0 Å². The van der Waals surface area contributed by atoms with Crippen LogP contribution in [0.5, 0.6) is 0 Å². The first-order valence-electron chi connectivity index (χ1n) is 2.26. The van der Waals surface area contributed by atoms with Gasteiger partial charge in [-0.3, -0.25) is 0 Å². The number of hydrogen-bond donors (Lipinski definition) is 2. The quantitative estimate of drug-likeness (QED) is 0.579. The number of rotatable bonds is 2. The highest BCUT2D eigenvalue weighted by Gasteiger charge is 1.92. The van der Waals surface area contributed by atoms with Crippen molar-refractivity contribution in [3.8, 4) is 0 Å². The number of alkyl carbamates (subject to hydrolysis) is 1. The molecule has 0 rings (SSSR count). The van der Waals surface area contributed by atoms with E-state index in [1.165, 1.54) is 7.05 Å². The molecule has 4 nitrogen and oxygen atoms in total. The Labute approximate surface area is 59.6 Å². The van der Waals surface area contributed by atoms with Gasteiger partial charge < -0.3 is 15.2 Å². The number of amides is 1. The number of carbonyl (C=O) groups is 1. The van der Waals surface area contributed by atoms with Crippen molar-refractivity contribution in [2.75, 3.05) is 20.3 Å². The molecule has 0 atom stereocenters. The summed E-state index contributed by atoms with van der Waals surface area (Å²) in [6.07, 6.45) is -0.515. The molecule has 0 heterocycles. The smallest absolute Gasteiger partial charge is 0.406 e. The lowest BCUT2D eigenvalue weighted by Crippen LogP contribution is -2.20. The summed E-state index contributed by atoms with van der Waals surface area (Å²) < 4.78 is 4.34. The van der Waals surface area contributed by atoms with Gasteiger partial charge in [-0.25, -0.2) is 4.79 Å². The van der Waals surface area contributed by atoms with Gasteiger partial charge in [0.05, 0.1) is 6.61 Å². The molecule has 56 valence electrons. The summed E-state index contributed by atoms with van der Waals surface area (Å²) in [4.78, 5) is 10.1. The van der Waals surface area contributed by atoms with E-state index < -0.39 is 6.09 Å². The van der Waals surface area contributed by atoms with Crippen LogP contribution in [0.1, 0.15) is 0 Å². The first kappa shape index (κ1) is 11.3. The van der Waals surface area contributed by atoms with E-state index >= 15 is 0 Å². The molecule has 0 fully saturated rings. The monoisotopic (exact) mass is 155 g/mol. The molecular formula is C4H10ClNO3. The minimum Gasteiger partial charge on any atom is -0.447 e. The topological polar surface area (TPSA) is 58.6 Å². The number of halogens is 1. The minimum atomic E-state index is -0.515. The minimum absolute atomic E-state index is 0. The van der Waals surface area contributed by atoms with E-state index in [0.29, 0.717) is 0 Å². The van der Waals surface area contributed by atoms with Gasteiger partial charge in [0.1, 0.15) is 6.61 Å². The summed E-state index contributed by atoms with van der Waals surface area (Å²) in [7, 11) is 1.46. The van der Waals surface area contributed by atoms with E-state index in [0.717, 1.165) is 0 Å². The van der Waals surface area contributed by atoms with Gasteiger partial charge in [-0.05, 0) is 0 Å². The third kappa shape index (κ3) is 7.52. The second kappa shape index (κ2) is 7.52. The summed E-state index contributed by atoms with van der Waals surface area (Å²) in [6, 6.07) is 0. The summed E-state index contributed by atoms with van der Waals surface area (Å²) in [5.41, 5.74) is 0. The molecule has 0 saturated carbocycles. The molecular weight excluding hydrogens is 146 g/mol. The molecule has 0 aliphatic carbocycles. The molecule has 0 spiro atoms. The van der Waals surface area contributed by atoms with Crippen molar-refractivity contribution >= 4 is 18.5 Å². The van der Waals surface area contributed by atoms with Crippen LogP contribution in [-0.2, 0) is 4.74 Å². The summed E-state index contributed by atoms with van der Waals surface area (Å²) >= 11 is 0. The Morgan fingerprint density at radius 3 is 2.67 bits per heavy atom. The zero-order valence-corrected chi connectivity index (χ0v) is 5.90. The zero-order valence-electron chi connectivity index (χ0n) is 5.09. The maximum absolute atomic E-state index is 10.1. The molecule has 0 radical (unpaired) electrons.